The Hall–Kier alpha value is -2.16. The lowest BCUT2D eigenvalue weighted by atomic mass is 10.3. The van der Waals surface area contributed by atoms with Crippen LogP contribution in [0.2, 0.25) is 0 Å². The predicted molar refractivity (Wildman–Crippen MR) is 69.1 cm³/mol. The van der Waals surface area contributed by atoms with E-state index in [1.54, 1.807) is 4.90 Å². The topological polar surface area (TPSA) is 114 Å². The molecule has 1 saturated heterocycles. The van der Waals surface area contributed by atoms with E-state index < -0.39 is 5.97 Å². The van der Waals surface area contributed by atoms with Crippen LogP contribution in [0.4, 0.5) is 4.79 Å². The average Bonchev–Trinajstić information content (AvgIpc) is 2.92. The van der Waals surface area contributed by atoms with Gasteiger partial charge in [0.25, 0.3) is 0 Å². The van der Waals surface area contributed by atoms with Gasteiger partial charge in [0.05, 0.1) is 6.54 Å². The van der Waals surface area contributed by atoms with E-state index in [9.17, 15) is 9.59 Å². The van der Waals surface area contributed by atoms with Crippen molar-refractivity contribution in [2.45, 2.75) is 6.42 Å². The lowest BCUT2D eigenvalue weighted by molar-refractivity contribution is -0.138. The van der Waals surface area contributed by atoms with E-state index in [1.165, 1.54) is 6.33 Å². The molecule has 0 radical (unpaired) electrons. The molecule has 1 aliphatic heterocycles. The highest BCUT2D eigenvalue weighted by atomic mass is 16.4. The summed E-state index contributed by atoms with van der Waals surface area (Å²) in [5.74, 6) is -0.105. The number of carbonyl (C=O) groups excluding carboxylic acids is 1. The van der Waals surface area contributed by atoms with E-state index in [4.69, 9.17) is 5.11 Å². The summed E-state index contributed by atoms with van der Waals surface area (Å²) in [6.07, 6.45) is 2.03. The molecule has 0 bridgehead atoms. The molecule has 20 heavy (non-hydrogen) atoms. The molecule has 0 aliphatic carbocycles. The number of rotatable bonds is 5. The first-order valence-corrected chi connectivity index (χ1v) is 6.46. The molecule has 110 valence electrons. The van der Waals surface area contributed by atoms with Crippen molar-refractivity contribution in [2.24, 2.45) is 0 Å². The summed E-state index contributed by atoms with van der Waals surface area (Å²) in [6, 6.07) is -0.125. The summed E-state index contributed by atoms with van der Waals surface area (Å²) in [4.78, 5) is 30.0. The number of urea groups is 1. The van der Waals surface area contributed by atoms with Crippen molar-refractivity contribution >= 4 is 12.0 Å². The highest BCUT2D eigenvalue weighted by molar-refractivity contribution is 5.74. The Morgan fingerprint density at radius 3 is 2.70 bits per heavy atom. The lowest BCUT2D eigenvalue weighted by Crippen LogP contribution is -2.52. The summed E-state index contributed by atoms with van der Waals surface area (Å²) in [5.41, 5.74) is 0. The number of aliphatic carboxylic acids is 1. The van der Waals surface area contributed by atoms with Crippen LogP contribution in [-0.4, -0.2) is 81.4 Å². The van der Waals surface area contributed by atoms with Gasteiger partial charge in [-0.15, -0.1) is 0 Å². The fourth-order valence-electron chi connectivity index (χ4n) is 2.05. The molecule has 3 N–H and O–H groups in total. The maximum Gasteiger partial charge on any atom is 0.317 e. The van der Waals surface area contributed by atoms with Crippen LogP contribution in [0.25, 0.3) is 0 Å². The van der Waals surface area contributed by atoms with Crippen molar-refractivity contribution in [1.29, 1.82) is 0 Å². The fraction of sp³-hybridized carbons (Fsp3) is 0.636. The van der Waals surface area contributed by atoms with Crippen LogP contribution in [-0.2, 0) is 11.2 Å². The number of hydrogen-bond donors (Lipinski definition) is 3. The van der Waals surface area contributed by atoms with Gasteiger partial charge in [0, 0.05) is 39.1 Å². The Labute approximate surface area is 116 Å². The molecule has 1 aromatic heterocycles. The minimum absolute atomic E-state index is 0.0287. The average molecular weight is 282 g/mol. The molecule has 2 rings (SSSR count). The first kappa shape index (κ1) is 14.3. The zero-order valence-electron chi connectivity index (χ0n) is 11.1. The third kappa shape index (κ3) is 4.19. The fourth-order valence-corrected chi connectivity index (χ4v) is 2.05. The summed E-state index contributed by atoms with van der Waals surface area (Å²) in [6.45, 7) is 2.77. The van der Waals surface area contributed by atoms with Gasteiger partial charge < -0.3 is 15.3 Å². The third-order valence-corrected chi connectivity index (χ3v) is 3.12. The Morgan fingerprint density at radius 2 is 2.10 bits per heavy atom. The number of aromatic amines is 1. The Bertz CT molecular complexity index is 441. The molecule has 0 unspecified atom stereocenters. The largest absolute Gasteiger partial charge is 0.480 e. The van der Waals surface area contributed by atoms with E-state index in [2.05, 4.69) is 20.5 Å². The third-order valence-electron chi connectivity index (χ3n) is 3.12. The van der Waals surface area contributed by atoms with E-state index >= 15 is 0 Å². The summed E-state index contributed by atoms with van der Waals surface area (Å²) in [5, 5.41) is 18.0. The van der Waals surface area contributed by atoms with Crippen molar-refractivity contribution < 1.29 is 14.7 Å². The van der Waals surface area contributed by atoms with E-state index in [1.807, 2.05) is 4.90 Å². The van der Waals surface area contributed by atoms with Gasteiger partial charge in [0.1, 0.15) is 12.2 Å². The van der Waals surface area contributed by atoms with Crippen LogP contribution in [0.3, 0.4) is 0 Å². The normalized spacial score (nSPS) is 16.1. The van der Waals surface area contributed by atoms with Crippen LogP contribution in [0.5, 0.6) is 0 Å². The minimum atomic E-state index is -0.838. The van der Waals surface area contributed by atoms with Gasteiger partial charge in [0.15, 0.2) is 0 Å². The summed E-state index contributed by atoms with van der Waals surface area (Å²) < 4.78 is 0. The zero-order valence-corrected chi connectivity index (χ0v) is 11.1. The molecule has 9 nitrogen and oxygen atoms in total. The number of nitrogens with one attached hydrogen (secondary N) is 2. The van der Waals surface area contributed by atoms with Gasteiger partial charge in [-0.05, 0) is 0 Å². The lowest BCUT2D eigenvalue weighted by Gasteiger charge is -2.33. The zero-order chi connectivity index (χ0) is 14.4. The Balaban J connectivity index is 1.65. The molecular weight excluding hydrogens is 264 g/mol. The van der Waals surface area contributed by atoms with Crippen LogP contribution < -0.4 is 5.32 Å². The van der Waals surface area contributed by atoms with Crippen molar-refractivity contribution in [3.05, 3.63) is 12.2 Å². The molecule has 2 amide bonds. The smallest absolute Gasteiger partial charge is 0.317 e. The van der Waals surface area contributed by atoms with Crippen molar-refractivity contribution in [3.8, 4) is 0 Å². The van der Waals surface area contributed by atoms with Crippen molar-refractivity contribution in [2.75, 3.05) is 39.3 Å². The standard InChI is InChI=1S/C11H18N6O3/c18-10(19)7-16-3-5-17(6-4-16)11(20)12-2-1-9-13-8-14-15-9/h8H,1-7H2,(H,12,20)(H,18,19)(H,13,14,15). The molecule has 1 aliphatic rings. The molecule has 9 heteroatoms. The van der Waals surface area contributed by atoms with Gasteiger partial charge in [-0.25, -0.2) is 9.78 Å². The number of H-pyrrole nitrogens is 1. The molecule has 1 fully saturated rings. The number of carbonyl (C=O) groups is 2. The molecular formula is C11H18N6O3. The number of aromatic nitrogens is 3. The van der Waals surface area contributed by atoms with Crippen LogP contribution >= 0.6 is 0 Å². The molecule has 0 spiro atoms. The van der Waals surface area contributed by atoms with E-state index in [-0.39, 0.29) is 12.6 Å². The van der Waals surface area contributed by atoms with Crippen LogP contribution in [0.15, 0.2) is 6.33 Å². The summed E-state index contributed by atoms with van der Waals surface area (Å²) >= 11 is 0. The molecule has 0 saturated carbocycles. The number of carboxylic acids is 1. The highest BCUT2D eigenvalue weighted by Crippen LogP contribution is 2.01. The number of hydrogen-bond acceptors (Lipinski definition) is 5. The quantitative estimate of drug-likeness (QED) is 0.622. The predicted octanol–water partition coefficient (Wildman–Crippen LogP) is -1.24. The second kappa shape index (κ2) is 6.85. The molecule has 0 atom stereocenters. The maximum absolute atomic E-state index is 11.9. The van der Waals surface area contributed by atoms with E-state index in [0.717, 1.165) is 5.82 Å². The first-order chi connectivity index (χ1) is 9.65. The SMILES string of the molecule is O=C(O)CN1CCN(C(=O)NCCc2ncn[nH]2)CC1. The number of amides is 2. The maximum atomic E-state index is 11.9. The second-order valence-electron chi connectivity index (χ2n) is 4.57. The number of nitrogens with zero attached hydrogens (tertiary/aromatic N) is 4. The molecule has 2 heterocycles. The van der Waals surface area contributed by atoms with Gasteiger partial charge in [-0.3, -0.25) is 14.8 Å². The highest BCUT2D eigenvalue weighted by Gasteiger charge is 2.21. The minimum Gasteiger partial charge on any atom is -0.480 e. The van der Waals surface area contributed by atoms with Gasteiger partial charge >= 0.3 is 12.0 Å². The van der Waals surface area contributed by atoms with Crippen molar-refractivity contribution in [3.63, 3.8) is 0 Å². The van der Waals surface area contributed by atoms with Crippen molar-refractivity contribution in [1.82, 2.24) is 30.3 Å². The number of carboxylic acid groups (broad SMARTS) is 1. The second-order valence-corrected chi connectivity index (χ2v) is 4.57. The molecule has 1 aromatic rings. The number of piperazine rings is 1. The Morgan fingerprint density at radius 1 is 1.35 bits per heavy atom. The van der Waals surface area contributed by atoms with Gasteiger partial charge in [0.2, 0.25) is 0 Å². The van der Waals surface area contributed by atoms with Gasteiger partial charge in [-0.2, -0.15) is 5.10 Å². The first-order valence-electron chi connectivity index (χ1n) is 6.46. The van der Waals surface area contributed by atoms with Crippen LogP contribution in [0, 0.1) is 0 Å². The van der Waals surface area contributed by atoms with E-state index in [0.29, 0.717) is 39.1 Å². The van der Waals surface area contributed by atoms with Crippen LogP contribution in [0.1, 0.15) is 5.82 Å². The monoisotopic (exact) mass is 282 g/mol. The Kier molecular flexibility index (Phi) is 4.88. The molecule has 0 aromatic carbocycles. The summed E-state index contributed by atoms with van der Waals surface area (Å²) in [7, 11) is 0. The van der Waals surface area contributed by atoms with Gasteiger partial charge in [-0.1, -0.05) is 0 Å².